The van der Waals surface area contributed by atoms with E-state index in [1.807, 2.05) is 39.0 Å². The number of aromatic nitrogens is 1. The lowest BCUT2D eigenvalue weighted by Gasteiger charge is -2.21. The molecule has 0 spiro atoms. The minimum atomic E-state index is -0.504. The summed E-state index contributed by atoms with van der Waals surface area (Å²) in [4.78, 5) is 19.1. The second kappa shape index (κ2) is 7.92. The predicted molar refractivity (Wildman–Crippen MR) is 108 cm³/mol. The Morgan fingerprint density at radius 2 is 1.89 bits per heavy atom. The number of halogens is 2. The van der Waals surface area contributed by atoms with Gasteiger partial charge in [-0.25, -0.2) is 9.37 Å². The van der Waals surface area contributed by atoms with Crippen LogP contribution in [-0.2, 0) is 0 Å². The first-order valence-electron chi connectivity index (χ1n) is 8.86. The van der Waals surface area contributed by atoms with E-state index in [-0.39, 0.29) is 10.9 Å². The molecule has 0 fully saturated rings. The van der Waals surface area contributed by atoms with Crippen molar-refractivity contribution in [3.8, 4) is 0 Å². The third kappa shape index (κ3) is 3.60. The number of nitrogens with zero attached hydrogens (tertiary/aromatic N) is 2. The molecule has 1 amide bonds. The second-order valence-electron chi connectivity index (χ2n) is 6.22. The molecule has 0 saturated heterocycles. The van der Waals surface area contributed by atoms with Crippen LogP contribution in [0, 0.1) is 12.7 Å². The first kappa shape index (κ1) is 19.1. The lowest BCUT2D eigenvalue weighted by molar-refractivity contribution is 0.0774. The summed E-state index contributed by atoms with van der Waals surface area (Å²) in [7, 11) is 0. The highest BCUT2D eigenvalue weighted by Crippen LogP contribution is 2.33. The summed E-state index contributed by atoms with van der Waals surface area (Å²) in [6.45, 7) is 7.11. The van der Waals surface area contributed by atoms with Gasteiger partial charge >= 0.3 is 0 Å². The van der Waals surface area contributed by atoms with Crippen LogP contribution in [0.1, 0.15) is 29.8 Å². The summed E-state index contributed by atoms with van der Waals surface area (Å²) in [5.41, 5.74) is 1.95. The number of aryl methyl sites for hydroxylation is 1. The molecule has 0 atom stereocenters. The molecule has 4 nitrogen and oxygen atoms in total. The first-order chi connectivity index (χ1) is 13.0. The predicted octanol–water partition coefficient (Wildman–Crippen LogP) is 5.56. The molecule has 0 aliphatic heterocycles. The van der Waals surface area contributed by atoms with E-state index in [0.29, 0.717) is 30.2 Å². The first-order valence-corrected chi connectivity index (χ1v) is 9.24. The number of amides is 1. The number of nitrogens with one attached hydrogen (secondary N) is 1. The average Bonchev–Trinajstić information content (AvgIpc) is 2.67. The van der Waals surface area contributed by atoms with Gasteiger partial charge in [0.1, 0.15) is 11.6 Å². The molecule has 1 heterocycles. The zero-order valence-electron chi connectivity index (χ0n) is 15.5. The van der Waals surface area contributed by atoms with Crippen molar-refractivity contribution >= 4 is 39.8 Å². The maximum absolute atomic E-state index is 13.8. The van der Waals surface area contributed by atoms with Crippen LogP contribution in [-0.4, -0.2) is 28.9 Å². The number of benzene rings is 2. The third-order valence-electron chi connectivity index (χ3n) is 4.61. The Morgan fingerprint density at radius 3 is 2.59 bits per heavy atom. The molecule has 0 radical (unpaired) electrons. The standard InChI is InChI=1S/C21H21ClFN3O/c1-4-26(5-2)21(27)15-12-24-20(14-9-6-8-13(3)18(14)15)25-17-11-7-10-16(23)19(17)22/h6-12H,4-5H2,1-3H3,(H,24,25). The van der Waals surface area contributed by atoms with Crippen molar-refractivity contribution in [2.75, 3.05) is 18.4 Å². The van der Waals surface area contributed by atoms with Gasteiger partial charge in [0.2, 0.25) is 0 Å². The number of hydrogen-bond acceptors (Lipinski definition) is 3. The Hall–Kier alpha value is -2.66. The quantitative estimate of drug-likeness (QED) is 0.625. The molecule has 3 aromatic rings. The van der Waals surface area contributed by atoms with Crippen LogP contribution in [0.2, 0.25) is 5.02 Å². The number of carbonyl (C=O) groups excluding carboxylic acids is 1. The van der Waals surface area contributed by atoms with E-state index in [2.05, 4.69) is 10.3 Å². The smallest absolute Gasteiger partial charge is 0.256 e. The largest absolute Gasteiger partial charge is 0.339 e. The molecule has 1 aromatic heterocycles. The van der Waals surface area contributed by atoms with Crippen LogP contribution in [0.5, 0.6) is 0 Å². The Bertz CT molecular complexity index is 1000. The van der Waals surface area contributed by atoms with Gasteiger partial charge in [-0.3, -0.25) is 4.79 Å². The molecule has 0 aliphatic carbocycles. The molecule has 0 aliphatic rings. The van der Waals surface area contributed by atoms with Gasteiger partial charge in [0.15, 0.2) is 0 Å². The van der Waals surface area contributed by atoms with E-state index < -0.39 is 5.82 Å². The Kier molecular flexibility index (Phi) is 5.61. The van der Waals surface area contributed by atoms with Crippen LogP contribution in [0.25, 0.3) is 10.8 Å². The number of carbonyl (C=O) groups is 1. The summed E-state index contributed by atoms with van der Waals surface area (Å²) in [5, 5.41) is 4.72. The Labute approximate surface area is 163 Å². The van der Waals surface area contributed by atoms with Gasteiger partial charge in [-0.05, 0) is 38.5 Å². The monoisotopic (exact) mass is 385 g/mol. The lowest BCUT2D eigenvalue weighted by atomic mass is 10.0. The minimum absolute atomic E-state index is 0.00315. The lowest BCUT2D eigenvalue weighted by Crippen LogP contribution is -2.30. The maximum atomic E-state index is 13.8. The van der Waals surface area contributed by atoms with Crippen LogP contribution < -0.4 is 5.32 Å². The molecule has 140 valence electrons. The van der Waals surface area contributed by atoms with E-state index in [1.165, 1.54) is 6.07 Å². The van der Waals surface area contributed by atoms with E-state index in [4.69, 9.17) is 11.6 Å². The van der Waals surface area contributed by atoms with Crippen molar-refractivity contribution in [2.24, 2.45) is 0 Å². The zero-order valence-corrected chi connectivity index (χ0v) is 16.3. The second-order valence-corrected chi connectivity index (χ2v) is 6.60. The topological polar surface area (TPSA) is 45.2 Å². The summed E-state index contributed by atoms with van der Waals surface area (Å²) in [6, 6.07) is 10.3. The SMILES string of the molecule is CCN(CC)C(=O)c1cnc(Nc2cccc(F)c2Cl)c2cccc(C)c12. The summed E-state index contributed by atoms with van der Waals surface area (Å²) in [5.74, 6) is -0.0325. The highest BCUT2D eigenvalue weighted by molar-refractivity contribution is 6.33. The fourth-order valence-corrected chi connectivity index (χ4v) is 3.33. The average molecular weight is 386 g/mol. The van der Waals surface area contributed by atoms with Crippen LogP contribution in [0.4, 0.5) is 15.9 Å². The Balaban J connectivity index is 2.15. The van der Waals surface area contributed by atoms with Crippen molar-refractivity contribution < 1.29 is 9.18 Å². The highest BCUT2D eigenvalue weighted by atomic mass is 35.5. The van der Waals surface area contributed by atoms with Gasteiger partial charge < -0.3 is 10.2 Å². The molecule has 0 unspecified atom stereocenters. The van der Waals surface area contributed by atoms with Gasteiger partial charge in [0.25, 0.3) is 5.91 Å². The van der Waals surface area contributed by atoms with E-state index in [0.717, 1.165) is 16.3 Å². The van der Waals surface area contributed by atoms with Crippen molar-refractivity contribution in [3.05, 3.63) is 64.6 Å². The van der Waals surface area contributed by atoms with Gasteiger partial charge in [-0.1, -0.05) is 35.9 Å². The van der Waals surface area contributed by atoms with Crippen LogP contribution in [0.3, 0.4) is 0 Å². The van der Waals surface area contributed by atoms with Gasteiger partial charge in [0.05, 0.1) is 16.3 Å². The van der Waals surface area contributed by atoms with Crippen molar-refractivity contribution in [2.45, 2.75) is 20.8 Å². The molecule has 0 bridgehead atoms. The molecular weight excluding hydrogens is 365 g/mol. The van der Waals surface area contributed by atoms with E-state index in [1.54, 1.807) is 23.2 Å². The van der Waals surface area contributed by atoms with Crippen LogP contribution in [0.15, 0.2) is 42.6 Å². The number of hydrogen-bond donors (Lipinski definition) is 1. The van der Waals surface area contributed by atoms with Crippen LogP contribution >= 0.6 is 11.6 Å². The maximum Gasteiger partial charge on any atom is 0.256 e. The Morgan fingerprint density at radius 1 is 1.19 bits per heavy atom. The van der Waals surface area contributed by atoms with Crippen molar-refractivity contribution in [1.29, 1.82) is 0 Å². The number of pyridine rings is 1. The third-order valence-corrected chi connectivity index (χ3v) is 4.99. The van der Waals surface area contributed by atoms with Gasteiger partial charge in [-0.2, -0.15) is 0 Å². The van der Waals surface area contributed by atoms with Gasteiger partial charge in [0, 0.05) is 30.1 Å². The van der Waals surface area contributed by atoms with E-state index in [9.17, 15) is 9.18 Å². The van der Waals surface area contributed by atoms with Crippen molar-refractivity contribution in [3.63, 3.8) is 0 Å². The molecule has 27 heavy (non-hydrogen) atoms. The fourth-order valence-electron chi connectivity index (χ4n) is 3.16. The molecule has 2 aromatic carbocycles. The highest BCUT2D eigenvalue weighted by Gasteiger charge is 2.19. The number of rotatable bonds is 5. The fraction of sp³-hybridized carbons (Fsp3) is 0.238. The zero-order chi connectivity index (χ0) is 19.6. The minimum Gasteiger partial charge on any atom is -0.339 e. The van der Waals surface area contributed by atoms with E-state index >= 15 is 0 Å². The molecule has 0 saturated carbocycles. The molecule has 6 heteroatoms. The van der Waals surface area contributed by atoms with Crippen molar-refractivity contribution in [1.82, 2.24) is 9.88 Å². The number of anilines is 2. The van der Waals surface area contributed by atoms with Gasteiger partial charge in [-0.15, -0.1) is 0 Å². The normalized spacial score (nSPS) is 10.9. The summed E-state index contributed by atoms with van der Waals surface area (Å²) >= 11 is 6.06. The number of fused-ring (bicyclic) bond motifs is 1. The summed E-state index contributed by atoms with van der Waals surface area (Å²) < 4.78 is 13.8. The molecule has 3 rings (SSSR count). The summed E-state index contributed by atoms with van der Waals surface area (Å²) in [6.07, 6.45) is 1.57. The molecule has 1 N–H and O–H groups in total. The molecular formula is C21H21ClFN3O.